The maximum absolute atomic E-state index is 12.3. The van der Waals surface area contributed by atoms with E-state index in [4.69, 9.17) is 11.6 Å². The number of amides is 1. The van der Waals surface area contributed by atoms with Gasteiger partial charge in [-0.05, 0) is 55.5 Å². The van der Waals surface area contributed by atoms with Crippen molar-refractivity contribution >= 4 is 23.2 Å². The van der Waals surface area contributed by atoms with Crippen LogP contribution in [0.3, 0.4) is 0 Å². The van der Waals surface area contributed by atoms with Crippen LogP contribution in [0.4, 0.5) is 14.5 Å². The van der Waals surface area contributed by atoms with E-state index in [0.29, 0.717) is 22.2 Å². The van der Waals surface area contributed by atoms with Gasteiger partial charge in [0.25, 0.3) is 5.91 Å². The number of aromatic nitrogens is 3. The summed E-state index contributed by atoms with van der Waals surface area (Å²) in [5, 5.41) is 7.39. The molecule has 0 saturated heterocycles. The summed E-state index contributed by atoms with van der Waals surface area (Å²) < 4.78 is 30.1. The third-order valence-corrected chi connectivity index (χ3v) is 3.63. The zero-order chi connectivity index (χ0) is 18.7. The van der Waals surface area contributed by atoms with Crippen LogP contribution in [-0.4, -0.2) is 27.3 Å². The van der Waals surface area contributed by atoms with E-state index in [1.165, 1.54) is 16.8 Å². The lowest BCUT2D eigenvalue weighted by Gasteiger charge is -2.06. The molecule has 6 nitrogen and oxygen atoms in total. The molecular weight excluding hydrogens is 366 g/mol. The second-order valence-corrected chi connectivity index (χ2v) is 5.66. The molecule has 0 spiro atoms. The molecule has 134 valence electrons. The lowest BCUT2D eigenvalue weighted by atomic mass is 10.3. The SMILES string of the molecule is Cc1nc(C(=O)Nc2ccc(Cl)cc2)nn1-c1ccc(OC(F)F)cc1. The molecule has 3 aromatic rings. The standard InChI is InChI=1S/C17H13ClF2N4O2/c1-10-21-15(16(25)22-12-4-2-11(18)3-5-12)23-24(10)13-6-8-14(9-7-13)26-17(19)20/h2-9,17H,1H3,(H,22,25). The van der Waals surface area contributed by atoms with Crippen LogP contribution in [0.1, 0.15) is 16.4 Å². The summed E-state index contributed by atoms with van der Waals surface area (Å²) in [5.74, 6) is -0.00631. The maximum atomic E-state index is 12.3. The van der Waals surface area contributed by atoms with E-state index >= 15 is 0 Å². The lowest BCUT2D eigenvalue weighted by molar-refractivity contribution is -0.0498. The first kappa shape index (κ1) is 17.8. The molecule has 1 N–H and O–H groups in total. The van der Waals surface area contributed by atoms with Crippen LogP contribution in [0.5, 0.6) is 5.75 Å². The number of hydrogen-bond acceptors (Lipinski definition) is 4. The largest absolute Gasteiger partial charge is 0.435 e. The number of carbonyl (C=O) groups excluding carboxylic acids is 1. The van der Waals surface area contributed by atoms with Gasteiger partial charge in [0.05, 0.1) is 5.69 Å². The lowest BCUT2D eigenvalue weighted by Crippen LogP contribution is -2.14. The van der Waals surface area contributed by atoms with E-state index in [1.807, 2.05) is 0 Å². The number of anilines is 1. The van der Waals surface area contributed by atoms with Crippen molar-refractivity contribution in [2.24, 2.45) is 0 Å². The van der Waals surface area contributed by atoms with E-state index in [0.717, 1.165) is 0 Å². The van der Waals surface area contributed by atoms with Crippen molar-refractivity contribution in [3.63, 3.8) is 0 Å². The topological polar surface area (TPSA) is 69.0 Å². The molecule has 1 amide bonds. The normalized spacial score (nSPS) is 10.8. The Morgan fingerprint density at radius 1 is 1.15 bits per heavy atom. The summed E-state index contributed by atoms with van der Waals surface area (Å²) in [5.41, 5.74) is 1.11. The number of carbonyl (C=O) groups is 1. The Morgan fingerprint density at radius 3 is 2.42 bits per heavy atom. The first-order valence-corrected chi connectivity index (χ1v) is 7.86. The van der Waals surface area contributed by atoms with Crippen LogP contribution in [0.15, 0.2) is 48.5 Å². The van der Waals surface area contributed by atoms with E-state index in [-0.39, 0.29) is 11.6 Å². The van der Waals surface area contributed by atoms with Gasteiger partial charge in [0.15, 0.2) is 0 Å². The molecular formula is C17H13ClF2N4O2. The first-order chi connectivity index (χ1) is 12.4. The van der Waals surface area contributed by atoms with Crippen molar-refractivity contribution in [3.8, 4) is 11.4 Å². The average molecular weight is 379 g/mol. The summed E-state index contributed by atoms with van der Waals surface area (Å²) >= 11 is 5.80. The highest BCUT2D eigenvalue weighted by molar-refractivity contribution is 6.30. The van der Waals surface area contributed by atoms with Gasteiger partial charge in [0.1, 0.15) is 11.6 Å². The van der Waals surface area contributed by atoms with E-state index in [9.17, 15) is 13.6 Å². The smallest absolute Gasteiger partial charge is 0.387 e. The summed E-state index contributed by atoms with van der Waals surface area (Å²) in [6.07, 6.45) is 0. The molecule has 3 rings (SSSR count). The molecule has 26 heavy (non-hydrogen) atoms. The van der Waals surface area contributed by atoms with Crippen LogP contribution in [0.2, 0.25) is 5.02 Å². The third-order valence-electron chi connectivity index (χ3n) is 3.38. The number of aryl methyl sites for hydroxylation is 1. The Balaban J connectivity index is 1.78. The van der Waals surface area contributed by atoms with Crippen molar-refractivity contribution in [2.45, 2.75) is 13.5 Å². The minimum Gasteiger partial charge on any atom is -0.435 e. The van der Waals surface area contributed by atoms with Gasteiger partial charge in [-0.1, -0.05) is 11.6 Å². The fraction of sp³-hybridized carbons (Fsp3) is 0.118. The van der Waals surface area contributed by atoms with E-state index < -0.39 is 12.5 Å². The highest BCUT2D eigenvalue weighted by Gasteiger charge is 2.16. The fourth-order valence-electron chi connectivity index (χ4n) is 2.22. The Hall–Kier alpha value is -3.00. The van der Waals surface area contributed by atoms with Crippen LogP contribution in [-0.2, 0) is 0 Å². The zero-order valence-corrected chi connectivity index (χ0v) is 14.2. The number of halogens is 3. The van der Waals surface area contributed by atoms with Gasteiger partial charge in [-0.25, -0.2) is 9.67 Å². The fourth-order valence-corrected chi connectivity index (χ4v) is 2.35. The van der Waals surface area contributed by atoms with Crippen molar-refractivity contribution in [2.75, 3.05) is 5.32 Å². The molecule has 0 aliphatic carbocycles. The maximum Gasteiger partial charge on any atom is 0.387 e. The van der Waals surface area contributed by atoms with Crippen LogP contribution < -0.4 is 10.1 Å². The third kappa shape index (κ3) is 4.15. The predicted octanol–water partition coefficient (Wildman–Crippen LogP) is 4.08. The molecule has 0 aliphatic rings. The molecule has 0 saturated carbocycles. The van der Waals surface area contributed by atoms with Crippen LogP contribution >= 0.6 is 11.6 Å². The highest BCUT2D eigenvalue weighted by Crippen LogP contribution is 2.18. The molecule has 0 radical (unpaired) electrons. The number of nitrogens with one attached hydrogen (secondary N) is 1. The molecule has 0 unspecified atom stereocenters. The zero-order valence-electron chi connectivity index (χ0n) is 13.5. The quantitative estimate of drug-likeness (QED) is 0.726. The summed E-state index contributed by atoms with van der Waals surface area (Å²) in [7, 11) is 0. The van der Waals surface area contributed by atoms with Gasteiger partial charge >= 0.3 is 6.61 Å². The monoisotopic (exact) mass is 378 g/mol. The van der Waals surface area contributed by atoms with Gasteiger partial charge in [-0.15, -0.1) is 5.10 Å². The summed E-state index contributed by atoms with van der Waals surface area (Å²) in [6, 6.07) is 12.5. The number of nitrogens with zero attached hydrogens (tertiary/aromatic N) is 3. The van der Waals surface area contributed by atoms with Gasteiger partial charge in [-0.3, -0.25) is 4.79 Å². The average Bonchev–Trinajstić information content (AvgIpc) is 2.99. The predicted molar refractivity (Wildman–Crippen MR) is 92.1 cm³/mol. The second kappa shape index (κ2) is 7.49. The number of ether oxygens (including phenoxy) is 1. The number of rotatable bonds is 5. The second-order valence-electron chi connectivity index (χ2n) is 5.23. The minimum atomic E-state index is -2.89. The Labute approximate surface area is 152 Å². The first-order valence-electron chi connectivity index (χ1n) is 7.48. The van der Waals surface area contributed by atoms with Gasteiger partial charge < -0.3 is 10.1 Å². The van der Waals surface area contributed by atoms with Crippen LogP contribution in [0, 0.1) is 6.92 Å². The summed E-state index contributed by atoms with van der Waals surface area (Å²) in [6.45, 7) is -1.22. The van der Waals surface area contributed by atoms with Gasteiger partial charge in [0.2, 0.25) is 5.82 Å². The Kier molecular flexibility index (Phi) is 5.13. The molecule has 1 heterocycles. The molecule has 0 bridgehead atoms. The van der Waals surface area contributed by atoms with E-state index in [1.54, 1.807) is 43.3 Å². The van der Waals surface area contributed by atoms with E-state index in [2.05, 4.69) is 20.1 Å². The van der Waals surface area contributed by atoms with Crippen molar-refractivity contribution in [1.29, 1.82) is 0 Å². The molecule has 0 atom stereocenters. The molecule has 9 heteroatoms. The molecule has 0 fully saturated rings. The minimum absolute atomic E-state index is 0.0228. The number of benzene rings is 2. The molecule has 2 aromatic carbocycles. The Morgan fingerprint density at radius 2 is 1.81 bits per heavy atom. The number of hydrogen-bond donors (Lipinski definition) is 1. The highest BCUT2D eigenvalue weighted by atomic mass is 35.5. The van der Waals surface area contributed by atoms with Crippen LogP contribution in [0.25, 0.3) is 5.69 Å². The van der Waals surface area contributed by atoms with Gasteiger partial charge in [0, 0.05) is 10.7 Å². The van der Waals surface area contributed by atoms with Crippen molar-refractivity contribution in [3.05, 3.63) is 65.2 Å². The summed E-state index contributed by atoms with van der Waals surface area (Å²) in [4.78, 5) is 16.4. The number of alkyl halides is 2. The Bertz CT molecular complexity index is 912. The molecule has 0 aliphatic heterocycles. The van der Waals surface area contributed by atoms with Gasteiger partial charge in [-0.2, -0.15) is 8.78 Å². The molecule has 1 aromatic heterocycles. The van der Waals surface area contributed by atoms with Crippen molar-refractivity contribution < 1.29 is 18.3 Å². The van der Waals surface area contributed by atoms with Crippen molar-refractivity contribution in [1.82, 2.24) is 14.8 Å².